The standard InChI is InChI=1S/C14H12FNO/c1-10-8-12(2-3-13(10)15)14(17)9-11-4-6-16-7-5-11/h2-8H,9H2,1H3. The minimum Gasteiger partial charge on any atom is -0.294 e. The lowest BCUT2D eigenvalue weighted by atomic mass is 10.0. The van der Waals surface area contributed by atoms with E-state index in [0.717, 1.165) is 5.56 Å². The molecule has 2 rings (SSSR count). The van der Waals surface area contributed by atoms with E-state index in [0.29, 0.717) is 17.5 Å². The number of aryl methyl sites for hydroxylation is 1. The lowest BCUT2D eigenvalue weighted by Crippen LogP contribution is -2.04. The molecule has 0 fully saturated rings. The average Bonchev–Trinajstić information content (AvgIpc) is 2.34. The third-order valence-corrected chi connectivity index (χ3v) is 2.59. The largest absolute Gasteiger partial charge is 0.294 e. The number of nitrogens with zero attached hydrogens (tertiary/aromatic N) is 1. The quantitative estimate of drug-likeness (QED) is 0.757. The van der Waals surface area contributed by atoms with E-state index in [2.05, 4.69) is 4.98 Å². The normalized spacial score (nSPS) is 10.2. The summed E-state index contributed by atoms with van der Waals surface area (Å²) in [4.78, 5) is 15.8. The number of halogens is 1. The molecule has 0 atom stereocenters. The van der Waals surface area contributed by atoms with Gasteiger partial charge in [-0.15, -0.1) is 0 Å². The SMILES string of the molecule is Cc1cc(C(=O)Cc2ccncc2)ccc1F. The predicted octanol–water partition coefficient (Wildman–Crippen LogP) is 2.95. The van der Waals surface area contributed by atoms with Crippen molar-refractivity contribution in [3.8, 4) is 0 Å². The van der Waals surface area contributed by atoms with Gasteiger partial charge in [0.15, 0.2) is 5.78 Å². The van der Waals surface area contributed by atoms with Crippen LogP contribution in [0.15, 0.2) is 42.7 Å². The zero-order valence-corrected chi connectivity index (χ0v) is 9.48. The number of carbonyl (C=O) groups is 1. The van der Waals surface area contributed by atoms with Gasteiger partial charge in [-0.1, -0.05) is 0 Å². The summed E-state index contributed by atoms with van der Waals surface area (Å²) in [5, 5.41) is 0. The van der Waals surface area contributed by atoms with Gasteiger partial charge in [0.05, 0.1) is 0 Å². The summed E-state index contributed by atoms with van der Waals surface area (Å²) < 4.78 is 13.1. The molecular formula is C14H12FNO. The fourth-order valence-electron chi connectivity index (χ4n) is 1.61. The molecule has 1 aromatic carbocycles. The van der Waals surface area contributed by atoms with Crippen LogP contribution in [-0.2, 0) is 6.42 Å². The van der Waals surface area contributed by atoms with Crippen LogP contribution in [-0.4, -0.2) is 10.8 Å². The zero-order chi connectivity index (χ0) is 12.3. The number of pyridine rings is 1. The van der Waals surface area contributed by atoms with Crippen molar-refractivity contribution in [3.63, 3.8) is 0 Å². The van der Waals surface area contributed by atoms with Gasteiger partial charge in [0.1, 0.15) is 5.82 Å². The molecule has 0 bridgehead atoms. The first-order chi connectivity index (χ1) is 8.16. The van der Waals surface area contributed by atoms with Crippen LogP contribution in [0.4, 0.5) is 4.39 Å². The van der Waals surface area contributed by atoms with E-state index in [4.69, 9.17) is 0 Å². The Labute approximate surface area is 99.1 Å². The number of benzene rings is 1. The van der Waals surface area contributed by atoms with Crippen LogP contribution >= 0.6 is 0 Å². The van der Waals surface area contributed by atoms with Crippen molar-refractivity contribution in [3.05, 3.63) is 65.2 Å². The Morgan fingerprint density at radius 2 is 1.94 bits per heavy atom. The van der Waals surface area contributed by atoms with Crippen molar-refractivity contribution in [2.24, 2.45) is 0 Å². The van der Waals surface area contributed by atoms with Gasteiger partial charge in [-0.05, 0) is 48.4 Å². The van der Waals surface area contributed by atoms with Crippen LogP contribution in [0.25, 0.3) is 0 Å². The molecule has 2 aromatic rings. The zero-order valence-electron chi connectivity index (χ0n) is 9.48. The number of hydrogen-bond acceptors (Lipinski definition) is 2. The van der Waals surface area contributed by atoms with E-state index in [1.165, 1.54) is 12.1 Å². The molecule has 0 radical (unpaired) electrons. The third-order valence-electron chi connectivity index (χ3n) is 2.59. The second kappa shape index (κ2) is 4.87. The Morgan fingerprint density at radius 1 is 1.24 bits per heavy atom. The second-order valence-electron chi connectivity index (χ2n) is 3.92. The molecule has 3 heteroatoms. The van der Waals surface area contributed by atoms with Crippen molar-refractivity contribution < 1.29 is 9.18 Å². The lowest BCUT2D eigenvalue weighted by Gasteiger charge is -2.03. The highest BCUT2D eigenvalue weighted by atomic mass is 19.1. The molecular weight excluding hydrogens is 217 g/mol. The first-order valence-electron chi connectivity index (χ1n) is 5.35. The van der Waals surface area contributed by atoms with Crippen LogP contribution in [0.2, 0.25) is 0 Å². The third kappa shape index (κ3) is 2.75. The Morgan fingerprint density at radius 3 is 2.59 bits per heavy atom. The maximum Gasteiger partial charge on any atom is 0.167 e. The Kier molecular flexibility index (Phi) is 3.28. The Balaban J connectivity index is 2.18. The Bertz CT molecular complexity index is 537. The van der Waals surface area contributed by atoms with E-state index < -0.39 is 0 Å². The highest BCUT2D eigenvalue weighted by Gasteiger charge is 2.08. The van der Waals surface area contributed by atoms with E-state index in [-0.39, 0.29) is 11.6 Å². The number of hydrogen-bond donors (Lipinski definition) is 0. The molecule has 0 amide bonds. The summed E-state index contributed by atoms with van der Waals surface area (Å²) in [7, 11) is 0. The number of carbonyl (C=O) groups excluding carboxylic acids is 1. The minimum absolute atomic E-state index is 0.0145. The summed E-state index contributed by atoms with van der Waals surface area (Å²) >= 11 is 0. The second-order valence-corrected chi connectivity index (χ2v) is 3.92. The maximum absolute atomic E-state index is 13.1. The smallest absolute Gasteiger partial charge is 0.167 e. The molecule has 1 aromatic heterocycles. The highest BCUT2D eigenvalue weighted by molar-refractivity contribution is 5.97. The minimum atomic E-state index is -0.287. The Hall–Kier alpha value is -2.03. The monoisotopic (exact) mass is 229 g/mol. The summed E-state index contributed by atoms with van der Waals surface area (Å²) in [5.41, 5.74) is 1.94. The molecule has 17 heavy (non-hydrogen) atoms. The lowest BCUT2D eigenvalue weighted by molar-refractivity contribution is 0.0993. The van der Waals surface area contributed by atoms with Crippen molar-refractivity contribution in [2.45, 2.75) is 13.3 Å². The summed E-state index contributed by atoms with van der Waals surface area (Å²) in [6.07, 6.45) is 3.62. The van der Waals surface area contributed by atoms with E-state index in [9.17, 15) is 9.18 Å². The van der Waals surface area contributed by atoms with Gasteiger partial charge in [-0.3, -0.25) is 9.78 Å². The van der Waals surface area contributed by atoms with Crippen molar-refractivity contribution in [1.29, 1.82) is 0 Å². The highest BCUT2D eigenvalue weighted by Crippen LogP contribution is 2.12. The van der Waals surface area contributed by atoms with Gasteiger partial charge in [-0.25, -0.2) is 4.39 Å². The number of Topliss-reactive ketones (excluding diaryl/α,β-unsaturated/α-hetero) is 1. The van der Waals surface area contributed by atoms with Gasteiger partial charge in [0.2, 0.25) is 0 Å². The molecule has 0 unspecified atom stereocenters. The molecule has 0 N–H and O–H groups in total. The molecule has 2 nitrogen and oxygen atoms in total. The topological polar surface area (TPSA) is 30.0 Å². The van der Waals surface area contributed by atoms with Gasteiger partial charge in [0.25, 0.3) is 0 Å². The van der Waals surface area contributed by atoms with E-state index in [1.807, 2.05) is 0 Å². The van der Waals surface area contributed by atoms with Crippen molar-refractivity contribution in [2.75, 3.05) is 0 Å². The predicted molar refractivity (Wildman–Crippen MR) is 63.4 cm³/mol. The summed E-state index contributed by atoms with van der Waals surface area (Å²) in [5.74, 6) is -0.301. The molecule has 0 saturated carbocycles. The van der Waals surface area contributed by atoms with Gasteiger partial charge in [-0.2, -0.15) is 0 Å². The van der Waals surface area contributed by atoms with Gasteiger partial charge < -0.3 is 0 Å². The van der Waals surface area contributed by atoms with Crippen LogP contribution in [0, 0.1) is 12.7 Å². The van der Waals surface area contributed by atoms with E-state index in [1.54, 1.807) is 37.5 Å². The molecule has 0 aliphatic carbocycles. The van der Waals surface area contributed by atoms with E-state index >= 15 is 0 Å². The first kappa shape index (κ1) is 11.5. The molecule has 0 aliphatic heterocycles. The molecule has 86 valence electrons. The van der Waals surface area contributed by atoms with Crippen LogP contribution in [0.3, 0.4) is 0 Å². The van der Waals surface area contributed by atoms with Gasteiger partial charge in [0, 0.05) is 24.4 Å². The summed E-state index contributed by atoms with van der Waals surface area (Å²) in [6, 6.07) is 8.03. The summed E-state index contributed by atoms with van der Waals surface area (Å²) in [6.45, 7) is 1.65. The number of aromatic nitrogens is 1. The number of rotatable bonds is 3. The fourth-order valence-corrected chi connectivity index (χ4v) is 1.61. The van der Waals surface area contributed by atoms with Gasteiger partial charge >= 0.3 is 0 Å². The molecule has 0 aliphatic rings. The van der Waals surface area contributed by atoms with Crippen LogP contribution < -0.4 is 0 Å². The van der Waals surface area contributed by atoms with Crippen LogP contribution in [0.1, 0.15) is 21.5 Å². The average molecular weight is 229 g/mol. The van der Waals surface area contributed by atoms with Crippen LogP contribution in [0.5, 0.6) is 0 Å². The van der Waals surface area contributed by atoms with Crippen molar-refractivity contribution in [1.82, 2.24) is 4.98 Å². The molecule has 0 spiro atoms. The fraction of sp³-hybridized carbons (Fsp3) is 0.143. The van der Waals surface area contributed by atoms with Crippen molar-refractivity contribution >= 4 is 5.78 Å². The molecule has 1 heterocycles. The molecule has 0 saturated heterocycles. The maximum atomic E-state index is 13.1. The first-order valence-corrected chi connectivity index (χ1v) is 5.35. The number of ketones is 1.